The Morgan fingerprint density at radius 1 is 1.38 bits per heavy atom. The molecule has 1 aliphatic heterocycles. The summed E-state index contributed by atoms with van der Waals surface area (Å²) in [4.78, 5) is 13.2. The second-order valence-electron chi connectivity index (χ2n) is 5.21. The number of methoxy groups -OCH3 is 1. The van der Waals surface area contributed by atoms with Crippen LogP contribution in [-0.4, -0.2) is 47.6 Å². The number of carbonyl (C=O) groups is 1. The van der Waals surface area contributed by atoms with E-state index in [1.54, 1.807) is 0 Å². The summed E-state index contributed by atoms with van der Waals surface area (Å²) in [6, 6.07) is 0. The van der Waals surface area contributed by atoms with Gasteiger partial charge in [-0.05, 0) is 33.9 Å². The van der Waals surface area contributed by atoms with E-state index in [4.69, 9.17) is 4.74 Å². The van der Waals surface area contributed by atoms with Crippen LogP contribution in [0.5, 0.6) is 0 Å². The minimum Gasteiger partial charge on any atom is -0.453 e. The number of nitrogens with one attached hydrogen (secondary N) is 1. The minimum atomic E-state index is -1.10. The zero-order chi connectivity index (χ0) is 12.4. The van der Waals surface area contributed by atoms with Crippen molar-refractivity contribution in [2.24, 2.45) is 0 Å². The average molecular weight is 230 g/mol. The largest absolute Gasteiger partial charge is 0.453 e. The number of aliphatic hydroxyl groups is 1. The van der Waals surface area contributed by atoms with Gasteiger partial charge < -0.3 is 15.2 Å². The molecule has 1 fully saturated rings. The molecule has 94 valence electrons. The van der Waals surface area contributed by atoms with E-state index in [2.05, 4.69) is 5.32 Å². The molecule has 0 aromatic heterocycles. The number of nitrogens with zero attached hydrogens (tertiary/aromatic N) is 1. The average Bonchev–Trinajstić information content (AvgIpc) is 2.16. The molecule has 1 rings (SSSR count). The Kier molecular flexibility index (Phi) is 3.80. The van der Waals surface area contributed by atoms with Crippen molar-refractivity contribution in [2.75, 3.05) is 20.2 Å². The van der Waals surface area contributed by atoms with E-state index in [0.29, 0.717) is 25.9 Å². The van der Waals surface area contributed by atoms with Gasteiger partial charge in [0.15, 0.2) is 0 Å². The Morgan fingerprint density at radius 2 is 1.88 bits per heavy atom. The van der Waals surface area contributed by atoms with Gasteiger partial charge in [-0.3, -0.25) is 4.90 Å². The van der Waals surface area contributed by atoms with Gasteiger partial charge >= 0.3 is 6.09 Å². The van der Waals surface area contributed by atoms with Crippen molar-refractivity contribution >= 4 is 6.09 Å². The van der Waals surface area contributed by atoms with Crippen LogP contribution in [0.15, 0.2) is 0 Å². The molecular formula is C11H22N2O3. The predicted molar refractivity (Wildman–Crippen MR) is 61.1 cm³/mol. The first-order valence-corrected chi connectivity index (χ1v) is 5.63. The Balaban J connectivity index is 2.95. The molecule has 2 N–H and O–H groups in total. The lowest BCUT2D eigenvalue weighted by molar-refractivity contribution is -0.144. The van der Waals surface area contributed by atoms with Crippen LogP contribution < -0.4 is 5.32 Å². The predicted octanol–water partition coefficient (Wildman–Crippen LogP) is 0.925. The number of hydrogen-bond acceptors (Lipinski definition) is 4. The van der Waals surface area contributed by atoms with Crippen molar-refractivity contribution in [3.05, 3.63) is 0 Å². The molecule has 16 heavy (non-hydrogen) atoms. The summed E-state index contributed by atoms with van der Waals surface area (Å²) in [6.45, 7) is 7.10. The first kappa shape index (κ1) is 13.3. The highest BCUT2D eigenvalue weighted by Gasteiger charge is 2.45. The second kappa shape index (κ2) is 4.59. The maximum absolute atomic E-state index is 11.8. The zero-order valence-electron chi connectivity index (χ0n) is 10.5. The van der Waals surface area contributed by atoms with E-state index in [-0.39, 0.29) is 0 Å². The number of carbonyl (C=O) groups excluding carboxylic acids is 1. The lowest BCUT2D eigenvalue weighted by atomic mass is 9.94. The van der Waals surface area contributed by atoms with Crippen LogP contribution in [0.2, 0.25) is 0 Å². The molecule has 0 bridgehead atoms. The third-order valence-corrected chi connectivity index (χ3v) is 2.85. The number of rotatable bonds is 1. The molecule has 0 aromatic carbocycles. The molecule has 5 heteroatoms. The summed E-state index contributed by atoms with van der Waals surface area (Å²) in [5, 5.41) is 13.7. The molecule has 0 spiro atoms. The molecule has 0 aromatic rings. The van der Waals surface area contributed by atoms with Crippen molar-refractivity contribution in [3.8, 4) is 0 Å². The first-order valence-electron chi connectivity index (χ1n) is 5.63. The third kappa shape index (κ3) is 2.65. The zero-order valence-corrected chi connectivity index (χ0v) is 10.5. The highest BCUT2D eigenvalue weighted by Crippen LogP contribution is 2.30. The lowest BCUT2D eigenvalue weighted by Crippen LogP contribution is -2.63. The summed E-state index contributed by atoms with van der Waals surface area (Å²) >= 11 is 0. The summed E-state index contributed by atoms with van der Waals surface area (Å²) in [5.41, 5.74) is -1.56. The van der Waals surface area contributed by atoms with Crippen molar-refractivity contribution in [1.82, 2.24) is 10.2 Å². The van der Waals surface area contributed by atoms with E-state index in [0.717, 1.165) is 0 Å². The smallest absolute Gasteiger partial charge is 0.412 e. The molecular weight excluding hydrogens is 208 g/mol. The molecule has 1 saturated heterocycles. The minimum absolute atomic E-state index is 0.459. The molecule has 0 aliphatic carbocycles. The van der Waals surface area contributed by atoms with Gasteiger partial charge in [-0.2, -0.15) is 0 Å². The van der Waals surface area contributed by atoms with E-state index < -0.39 is 17.4 Å². The lowest BCUT2D eigenvalue weighted by Gasteiger charge is -2.48. The van der Waals surface area contributed by atoms with Crippen molar-refractivity contribution in [3.63, 3.8) is 0 Å². The van der Waals surface area contributed by atoms with E-state index in [9.17, 15) is 9.90 Å². The van der Waals surface area contributed by atoms with Crippen molar-refractivity contribution in [2.45, 2.75) is 44.9 Å². The summed E-state index contributed by atoms with van der Waals surface area (Å²) in [6.07, 6.45) is 0.579. The number of ether oxygens (including phenoxy) is 1. The van der Waals surface area contributed by atoms with Gasteiger partial charge in [0.2, 0.25) is 0 Å². The molecule has 0 radical (unpaired) electrons. The van der Waals surface area contributed by atoms with Gasteiger partial charge in [-0.1, -0.05) is 0 Å². The Bertz CT molecular complexity index is 254. The summed E-state index contributed by atoms with van der Waals surface area (Å²) in [7, 11) is 1.34. The molecule has 1 aliphatic rings. The van der Waals surface area contributed by atoms with Crippen LogP contribution in [-0.2, 0) is 4.74 Å². The van der Waals surface area contributed by atoms with E-state index >= 15 is 0 Å². The standard InChI is InChI=1S/C11H22N2O3/c1-10(2,3)13(9(14)16-4)11(15)5-7-12-8-6-11/h12,15H,5-8H2,1-4H3. The van der Waals surface area contributed by atoms with Crippen molar-refractivity contribution in [1.29, 1.82) is 0 Å². The van der Waals surface area contributed by atoms with Gasteiger partial charge in [-0.15, -0.1) is 0 Å². The molecule has 1 amide bonds. The van der Waals surface area contributed by atoms with Crippen LogP contribution >= 0.6 is 0 Å². The molecule has 1 heterocycles. The van der Waals surface area contributed by atoms with E-state index in [1.807, 2.05) is 20.8 Å². The molecule has 5 nitrogen and oxygen atoms in total. The highest BCUT2D eigenvalue weighted by atomic mass is 16.5. The van der Waals surface area contributed by atoms with Crippen LogP contribution in [0.25, 0.3) is 0 Å². The van der Waals surface area contributed by atoms with Crippen molar-refractivity contribution < 1.29 is 14.6 Å². The van der Waals surface area contributed by atoms with Gasteiger partial charge in [0.05, 0.1) is 7.11 Å². The maximum Gasteiger partial charge on any atom is 0.412 e. The summed E-state index contributed by atoms with van der Waals surface area (Å²) < 4.78 is 4.76. The third-order valence-electron chi connectivity index (χ3n) is 2.85. The fraction of sp³-hybridized carbons (Fsp3) is 0.909. The Hall–Kier alpha value is -0.810. The number of amides is 1. The topological polar surface area (TPSA) is 61.8 Å². The maximum atomic E-state index is 11.8. The van der Waals surface area contributed by atoms with Gasteiger partial charge in [0.25, 0.3) is 0 Å². The highest BCUT2D eigenvalue weighted by molar-refractivity contribution is 5.69. The monoisotopic (exact) mass is 230 g/mol. The number of piperidine rings is 1. The quantitative estimate of drug-likeness (QED) is 0.658. The van der Waals surface area contributed by atoms with E-state index in [1.165, 1.54) is 12.0 Å². The fourth-order valence-corrected chi connectivity index (χ4v) is 2.21. The molecule has 0 unspecified atom stereocenters. The SMILES string of the molecule is COC(=O)N(C(C)(C)C)C1(O)CCNCC1. The molecule has 0 saturated carbocycles. The van der Waals surface area contributed by atoms with Gasteiger partial charge in [0.1, 0.15) is 5.72 Å². The van der Waals surface area contributed by atoms with Crippen LogP contribution in [0.1, 0.15) is 33.6 Å². The van der Waals surface area contributed by atoms with Gasteiger partial charge in [0, 0.05) is 18.4 Å². The van der Waals surface area contributed by atoms with Crippen LogP contribution in [0.4, 0.5) is 4.79 Å². The Labute approximate surface area is 96.8 Å². The van der Waals surface area contributed by atoms with Gasteiger partial charge in [-0.25, -0.2) is 4.79 Å². The fourth-order valence-electron chi connectivity index (χ4n) is 2.21. The normalized spacial score (nSPS) is 20.3. The second-order valence-corrected chi connectivity index (χ2v) is 5.21. The number of hydrogen-bond donors (Lipinski definition) is 2. The van der Waals surface area contributed by atoms with Crippen LogP contribution in [0, 0.1) is 0 Å². The molecule has 0 atom stereocenters. The first-order chi connectivity index (χ1) is 7.31. The summed E-state index contributed by atoms with van der Waals surface area (Å²) in [5.74, 6) is 0. The van der Waals surface area contributed by atoms with Crippen LogP contribution in [0.3, 0.4) is 0 Å². The Morgan fingerprint density at radius 3 is 2.25 bits per heavy atom.